The van der Waals surface area contributed by atoms with Crippen LogP contribution in [0, 0.1) is 10.1 Å². The molecule has 9 nitrogen and oxygen atoms in total. The fourth-order valence-electron chi connectivity index (χ4n) is 1.47. The minimum absolute atomic E-state index is 0.0873. The van der Waals surface area contributed by atoms with Gasteiger partial charge in [0.05, 0.1) is 16.9 Å². The molecule has 1 rings (SSSR count). The molecule has 1 atom stereocenters. The lowest BCUT2D eigenvalue weighted by atomic mass is 10.1. The summed E-state index contributed by atoms with van der Waals surface area (Å²) in [6.07, 6.45) is -0.590. The normalized spacial score (nSPS) is 11.5. The van der Waals surface area contributed by atoms with Crippen molar-refractivity contribution in [2.75, 3.05) is 0 Å². The van der Waals surface area contributed by atoms with Gasteiger partial charge in [0.2, 0.25) is 5.91 Å². The quantitative estimate of drug-likeness (QED) is 0.494. The third kappa shape index (κ3) is 4.24. The first-order valence-electron chi connectivity index (χ1n) is 5.49. The second kappa shape index (κ2) is 6.79. The number of nitro groups is 1. The molecule has 21 heavy (non-hydrogen) atoms. The van der Waals surface area contributed by atoms with Gasteiger partial charge in [0.15, 0.2) is 0 Å². The maximum atomic E-state index is 12.0. The molecule has 0 aromatic heterocycles. The average Bonchev–Trinajstić information content (AvgIpc) is 2.36. The van der Waals surface area contributed by atoms with Gasteiger partial charge in [-0.25, -0.2) is 4.79 Å². The molecule has 1 aromatic rings. The highest BCUT2D eigenvalue weighted by atomic mass is 79.9. The Morgan fingerprint density at radius 3 is 2.52 bits per heavy atom. The fraction of sp³-hybridized carbons (Fsp3) is 0.182. The van der Waals surface area contributed by atoms with Gasteiger partial charge in [-0.1, -0.05) is 6.07 Å². The van der Waals surface area contributed by atoms with Gasteiger partial charge in [-0.3, -0.25) is 19.7 Å². The van der Waals surface area contributed by atoms with Crippen LogP contribution in [0.3, 0.4) is 0 Å². The lowest BCUT2D eigenvalue weighted by Gasteiger charge is -2.13. The van der Waals surface area contributed by atoms with E-state index in [-0.39, 0.29) is 15.7 Å². The highest BCUT2D eigenvalue weighted by Gasteiger charge is 2.25. The Balaban J connectivity index is 3.03. The number of carbonyl (C=O) groups excluding carboxylic acids is 2. The summed E-state index contributed by atoms with van der Waals surface area (Å²) in [7, 11) is 0. The van der Waals surface area contributed by atoms with Crippen molar-refractivity contribution >= 4 is 39.4 Å². The molecule has 4 N–H and O–H groups in total. The lowest BCUT2D eigenvalue weighted by Crippen LogP contribution is -2.43. The number of carbonyl (C=O) groups is 3. The number of hydrogen-bond acceptors (Lipinski definition) is 5. The summed E-state index contributed by atoms with van der Waals surface area (Å²) in [5.41, 5.74) is 4.42. The Morgan fingerprint density at radius 2 is 2.05 bits per heavy atom. The van der Waals surface area contributed by atoms with Crippen LogP contribution in [0.5, 0.6) is 0 Å². The molecule has 10 heteroatoms. The summed E-state index contributed by atoms with van der Waals surface area (Å²) in [5, 5.41) is 21.7. The van der Waals surface area contributed by atoms with Crippen LogP contribution in [-0.4, -0.2) is 33.9 Å². The zero-order valence-corrected chi connectivity index (χ0v) is 12.0. The number of nitrogens with zero attached hydrogens (tertiary/aromatic N) is 1. The molecule has 0 fully saturated rings. The third-order valence-corrected chi connectivity index (χ3v) is 3.26. The van der Waals surface area contributed by atoms with E-state index in [1.807, 2.05) is 0 Å². The third-order valence-electron chi connectivity index (χ3n) is 2.43. The molecule has 0 radical (unpaired) electrons. The molecule has 0 aliphatic carbocycles. The Labute approximate surface area is 126 Å². The molecule has 0 aliphatic rings. The Bertz CT molecular complexity index is 618. The van der Waals surface area contributed by atoms with Gasteiger partial charge in [-0.15, -0.1) is 0 Å². The van der Waals surface area contributed by atoms with Crippen molar-refractivity contribution in [1.29, 1.82) is 0 Å². The number of halogens is 1. The second-order valence-electron chi connectivity index (χ2n) is 3.93. The highest BCUT2D eigenvalue weighted by Crippen LogP contribution is 2.28. The smallest absolute Gasteiger partial charge is 0.326 e. The summed E-state index contributed by atoms with van der Waals surface area (Å²) < 4.78 is -0.0873. The van der Waals surface area contributed by atoms with E-state index in [4.69, 9.17) is 10.8 Å². The Kier molecular flexibility index (Phi) is 5.36. The first-order valence-corrected chi connectivity index (χ1v) is 6.28. The molecule has 0 heterocycles. The van der Waals surface area contributed by atoms with Crippen molar-refractivity contribution in [2.45, 2.75) is 12.5 Å². The molecular weight excluding hydrogens is 350 g/mol. The van der Waals surface area contributed by atoms with Crippen LogP contribution in [0.25, 0.3) is 0 Å². The molecule has 0 saturated carbocycles. The Hall–Kier alpha value is -2.49. The first kappa shape index (κ1) is 16.6. The van der Waals surface area contributed by atoms with Crippen molar-refractivity contribution in [3.05, 3.63) is 38.3 Å². The number of primary amides is 1. The lowest BCUT2D eigenvalue weighted by molar-refractivity contribution is -0.385. The van der Waals surface area contributed by atoms with Gasteiger partial charge < -0.3 is 16.2 Å². The zero-order valence-electron chi connectivity index (χ0n) is 10.4. The van der Waals surface area contributed by atoms with E-state index in [2.05, 4.69) is 21.2 Å². The molecule has 0 bridgehead atoms. The van der Waals surface area contributed by atoms with E-state index >= 15 is 0 Å². The zero-order chi connectivity index (χ0) is 16.2. The number of rotatable bonds is 6. The number of carboxylic acid groups (broad SMARTS) is 1. The predicted molar refractivity (Wildman–Crippen MR) is 73.5 cm³/mol. The van der Waals surface area contributed by atoms with Gasteiger partial charge in [0.25, 0.3) is 11.6 Å². The Morgan fingerprint density at radius 1 is 1.43 bits per heavy atom. The summed E-state index contributed by atoms with van der Waals surface area (Å²) in [5.74, 6) is -3.22. The van der Waals surface area contributed by atoms with E-state index in [0.717, 1.165) is 0 Å². The van der Waals surface area contributed by atoms with E-state index in [1.54, 1.807) is 0 Å². The van der Waals surface area contributed by atoms with E-state index in [0.29, 0.717) is 0 Å². The average molecular weight is 360 g/mol. The van der Waals surface area contributed by atoms with Crippen LogP contribution >= 0.6 is 15.9 Å². The van der Waals surface area contributed by atoms with Crippen LogP contribution < -0.4 is 11.1 Å². The van der Waals surface area contributed by atoms with Crippen molar-refractivity contribution in [3.8, 4) is 0 Å². The van der Waals surface area contributed by atoms with E-state index in [1.165, 1.54) is 18.2 Å². The van der Waals surface area contributed by atoms with Gasteiger partial charge in [-0.05, 0) is 22.0 Å². The van der Waals surface area contributed by atoms with Crippen molar-refractivity contribution in [2.24, 2.45) is 5.73 Å². The molecule has 112 valence electrons. The summed E-state index contributed by atoms with van der Waals surface area (Å²) in [4.78, 5) is 43.7. The molecule has 0 saturated heterocycles. The minimum atomic E-state index is -1.51. The van der Waals surface area contributed by atoms with Crippen LogP contribution in [0.2, 0.25) is 0 Å². The first-order chi connectivity index (χ1) is 9.73. The molecule has 0 spiro atoms. The van der Waals surface area contributed by atoms with Crippen molar-refractivity contribution < 1.29 is 24.4 Å². The second-order valence-corrected chi connectivity index (χ2v) is 4.72. The number of benzene rings is 1. The van der Waals surface area contributed by atoms with Crippen LogP contribution in [0.1, 0.15) is 16.8 Å². The van der Waals surface area contributed by atoms with Crippen LogP contribution in [0.4, 0.5) is 5.69 Å². The molecule has 0 aliphatic heterocycles. The van der Waals surface area contributed by atoms with Gasteiger partial charge in [0.1, 0.15) is 10.5 Å². The van der Waals surface area contributed by atoms with Crippen molar-refractivity contribution in [1.82, 2.24) is 5.32 Å². The van der Waals surface area contributed by atoms with Gasteiger partial charge in [0, 0.05) is 6.07 Å². The summed E-state index contributed by atoms with van der Waals surface area (Å²) in [6, 6.07) is 2.22. The number of hydrogen-bond donors (Lipinski definition) is 3. The van der Waals surface area contributed by atoms with E-state index < -0.39 is 35.2 Å². The van der Waals surface area contributed by atoms with Gasteiger partial charge >= 0.3 is 5.97 Å². The van der Waals surface area contributed by atoms with E-state index in [9.17, 15) is 24.5 Å². The maximum absolute atomic E-state index is 12.0. The highest BCUT2D eigenvalue weighted by molar-refractivity contribution is 9.10. The van der Waals surface area contributed by atoms with Crippen LogP contribution in [0.15, 0.2) is 22.7 Å². The standard InChI is InChI=1S/C11H10BrN3O6/c12-9-5(2-1-3-7(9)15(20)21)10(17)14-6(11(18)19)4-8(13)16/h1-3,6H,4H2,(H2,13,16)(H,14,17)(H,18,19). The number of nitrogens with one attached hydrogen (secondary N) is 1. The molecule has 1 unspecified atom stereocenters. The number of nitro benzene ring substituents is 1. The summed E-state index contributed by atoms with van der Waals surface area (Å²) in [6.45, 7) is 0. The molecule has 2 amide bonds. The molecule has 1 aromatic carbocycles. The number of nitrogens with two attached hydrogens (primary N) is 1. The summed E-state index contributed by atoms with van der Waals surface area (Å²) >= 11 is 2.92. The number of carboxylic acids is 1. The van der Waals surface area contributed by atoms with Crippen molar-refractivity contribution in [3.63, 3.8) is 0 Å². The van der Waals surface area contributed by atoms with Crippen LogP contribution in [-0.2, 0) is 9.59 Å². The number of amides is 2. The SMILES string of the molecule is NC(=O)CC(NC(=O)c1cccc([N+](=O)[O-])c1Br)C(=O)O. The van der Waals surface area contributed by atoms with Gasteiger partial charge in [-0.2, -0.15) is 0 Å². The molecular formula is C11H10BrN3O6. The predicted octanol–water partition coefficient (Wildman–Crippen LogP) is 0.416. The topological polar surface area (TPSA) is 153 Å². The fourth-order valence-corrected chi connectivity index (χ4v) is 2.06. The minimum Gasteiger partial charge on any atom is -0.480 e. The monoisotopic (exact) mass is 359 g/mol. The largest absolute Gasteiger partial charge is 0.480 e. The maximum Gasteiger partial charge on any atom is 0.326 e. The number of aliphatic carboxylic acids is 1.